The minimum Gasteiger partial charge on any atom is -0.263 e. The molecule has 0 saturated heterocycles. The van der Waals surface area contributed by atoms with Gasteiger partial charge in [-0.15, -0.1) is 11.3 Å². The molecular formula is C11H8ClN3S. The zero-order valence-electron chi connectivity index (χ0n) is 8.49. The van der Waals surface area contributed by atoms with E-state index in [4.69, 9.17) is 11.6 Å². The first-order chi connectivity index (χ1) is 7.75. The smallest absolute Gasteiger partial charge is 0.192 e. The highest BCUT2D eigenvalue weighted by Gasteiger charge is 2.14. The maximum atomic E-state index is 6.32. The van der Waals surface area contributed by atoms with Gasteiger partial charge in [0.15, 0.2) is 5.82 Å². The molecule has 3 aromatic rings. The van der Waals surface area contributed by atoms with Gasteiger partial charge in [-0.25, -0.2) is 4.98 Å². The highest BCUT2D eigenvalue weighted by molar-refractivity contribution is 7.23. The summed E-state index contributed by atoms with van der Waals surface area (Å²) in [6.07, 6.45) is 0. The van der Waals surface area contributed by atoms with Crippen LogP contribution in [0, 0.1) is 6.92 Å². The fraction of sp³-hybridized carbons (Fsp3) is 0.0909. The molecule has 2 heterocycles. The minimum absolute atomic E-state index is 0.670. The number of fused-ring (bicyclic) bond motifs is 1. The summed E-state index contributed by atoms with van der Waals surface area (Å²) in [6, 6.07) is 8.04. The first kappa shape index (κ1) is 9.81. The quantitative estimate of drug-likeness (QED) is 0.715. The standard InChI is InChI=1S/C11H8ClN3S/c1-6-13-11(15-14-6)10-9(12)7-4-2-3-5-8(7)16-10/h2-5H,1H3,(H,13,14,15). The van der Waals surface area contributed by atoms with E-state index < -0.39 is 0 Å². The van der Waals surface area contributed by atoms with Gasteiger partial charge in [-0.3, -0.25) is 5.10 Å². The molecule has 0 amide bonds. The SMILES string of the molecule is Cc1nc(-c2sc3ccccc3c2Cl)n[nH]1. The van der Waals surface area contributed by atoms with Crippen LogP contribution < -0.4 is 0 Å². The number of nitrogens with one attached hydrogen (secondary N) is 1. The number of hydrogen-bond donors (Lipinski definition) is 1. The topological polar surface area (TPSA) is 41.6 Å². The van der Waals surface area contributed by atoms with E-state index in [0.29, 0.717) is 5.82 Å². The van der Waals surface area contributed by atoms with Crippen LogP contribution in [-0.4, -0.2) is 15.2 Å². The zero-order chi connectivity index (χ0) is 11.1. The molecule has 0 aliphatic carbocycles. The Kier molecular flexibility index (Phi) is 2.19. The largest absolute Gasteiger partial charge is 0.263 e. The maximum Gasteiger partial charge on any atom is 0.192 e. The van der Waals surface area contributed by atoms with Gasteiger partial charge in [-0.05, 0) is 13.0 Å². The molecule has 0 aliphatic heterocycles. The monoisotopic (exact) mass is 249 g/mol. The Bertz CT molecular complexity index is 656. The number of thiophene rings is 1. The van der Waals surface area contributed by atoms with E-state index in [-0.39, 0.29) is 0 Å². The van der Waals surface area contributed by atoms with E-state index in [0.717, 1.165) is 25.8 Å². The molecule has 2 aromatic heterocycles. The fourth-order valence-corrected chi connectivity index (χ4v) is 3.05. The van der Waals surface area contributed by atoms with Crippen LogP contribution in [-0.2, 0) is 0 Å². The molecule has 3 rings (SSSR count). The van der Waals surface area contributed by atoms with Crippen LogP contribution >= 0.6 is 22.9 Å². The zero-order valence-corrected chi connectivity index (χ0v) is 10.1. The molecule has 16 heavy (non-hydrogen) atoms. The third-order valence-electron chi connectivity index (χ3n) is 2.34. The lowest BCUT2D eigenvalue weighted by Gasteiger charge is -1.89. The van der Waals surface area contributed by atoms with Crippen LogP contribution in [0.5, 0.6) is 0 Å². The number of aryl methyl sites for hydroxylation is 1. The Morgan fingerprint density at radius 1 is 1.31 bits per heavy atom. The Morgan fingerprint density at radius 3 is 2.81 bits per heavy atom. The van der Waals surface area contributed by atoms with Crippen molar-refractivity contribution in [2.45, 2.75) is 6.92 Å². The van der Waals surface area contributed by atoms with Crippen molar-refractivity contribution < 1.29 is 0 Å². The lowest BCUT2D eigenvalue weighted by Crippen LogP contribution is -1.76. The predicted octanol–water partition coefficient (Wildman–Crippen LogP) is 3.65. The number of nitrogens with zero attached hydrogens (tertiary/aromatic N) is 2. The number of aromatic amines is 1. The van der Waals surface area contributed by atoms with Crippen LogP contribution in [0.4, 0.5) is 0 Å². The molecule has 0 radical (unpaired) electrons. The van der Waals surface area contributed by atoms with E-state index in [1.54, 1.807) is 11.3 Å². The molecular weight excluding hydrogens is 242 g/mol. The maximum absolute atomic E-state index is 6.32. The van der Waals surface area contributed by atoms with Crippen LogP contribution in [0.1, 0.15) is 5.82 Å². The molecule has 5 heteroatoms. The van der Waals surface area contributed by atoms with Crippen molar-refractivity contribution in [1.29, 1.82) is 0 Å². The molecule has 0 bridgehead atoms. The van der Waals surface area contributed by atoms with Gasteiger partial charge in [0.05, 0.1) is 9.90 Å². The van der Waals surface area contributed by atoms with Crippen LogP contribution in [0.3, 0.4) is 0 Å². The van der Waals surface area contributed by atoms with Crippen molar-refractivity contribution in [3.05, 3.63) is 35.1 Å². The van der Waals surface area contributed by atoms with Gasteiger partial charge in [-0.2, -0.15) is 5.10 Å². The van der Waals surface area contributed by atoms with Gasteiger partial charge in [0.25, 0.3) is 0 Å². The number of rotatable bonds is 1. The second kappa shape index (κ2) is 3.57. The highest BCUT2D eigenvalue weighted by Crippen LogP contribution is 2.40. The van der Waals surface area contributed by atoms with Crippen molar-refractivity contribution in [3.63, 3.8) is 0 Å². The van der Waals surface area contributed by atoms with Crippen LogP contribution in [0.15, 0.2) is 24.3 Å². The summed E-state index contributed by atoms with van der Waals surface area (Å²) in [6.45, 7) is 1.87. The minimum atomic E-state index is 0.670. The van der Waals surface area contributed by atoms with Gasteiger partial charge in [0, 0.05) is 10.1 Å². The average Bonchev–Trinajstić information content (AvgIpc) is 2.84. The first-order valence-electron chi connectivity index (χ1n) is 4.82. The summed E-state index contributed by atoms with van der Waals surface area (Å²) < 4.78 is 1.16. The second-order valence-electron chi connectivity index (χ2n) is 3.49. The van der Waals surface area contributed by atoms with Gasteiger partial charge < -0.3 is 0 Å². The number of H-pyrrole nitrogens is 1. The molecule has 3 nitrogen and oxygen atoms in total. The lowest BCUT2D eigenvalue weighted by atomic mass is 10.2. The Hall–Kier alpha value is -1.39. The summed E-state index contributed by atoms with van der Waals surface area (Å²) in [4.78, 5) is 5.22. The Labute approximate surface area is 101 Å². The van der Waals surface area contributed by atoms with Gasteiger partial charge >= 0.3 is 0 Å². The molecule has 0 fully saturated rings. The molecule has 80 valence electrons. The molecule has 1 N–H and O–H groups in total. The Morgan fingerprint density at radius 2 is 2.12 bits per heavy atom. The number of benzene rings is 1. The summed E-state index contributed by atoms with van der Waals surface area (Å²) in [5.74, 6) is 1.47. The van der Waals surface area contributed by atoms with Crippen molar-refractivity contribution in [2.75, 3.05) is 0 Å². The molecule has 0 atom stereocenters. The predicted molar refractivity (Wildman–Crippen MR) is 66.9 cm³/mol. The van der Waals surface area contributed by atoms with Crippen molar-refractivity contribution in [3.8, 4) is 10.7 Å². The summed E-state index contributed by atoms with van der Waals surface area (Å²) in [5, 5.41) is 8.75. The van der Waals surface area contributed by atoms with E-state index >= 15 is 0 Å². The second-order valence-corrected chi connectivity index (χ2v) is 4.92. The molecule has 1 aromatic carbocycles. The van der Waals surface area contributed by atoms with E-state index in [2.05, 4.69) is 21.2 Å². The third-order valence-corrected chi connectivity index (χ3v) is 4.01. The molecule has 0 spiro atoms. The van der Waals surface area contributed by atoms with Gasteiger partial charge in [0.1, 0.15) is 5.82 Å². The Balaban J connectivity index is 2.28. The fourth-order valence-electron chi connectivity index (χ4n) is 1.60. The number of hydrogen-bond acceptors (Lipinski definition) is 3. The summed E-state index contributed by atoms with van der Waals surface area (Å²) >= 11 is 7.93. The highest BCUT2D eigenvalue weighted by atomic mass is 35.5. The van der Waals surface area contributed by atoms with Crippen molar-refractivity contribution in [2.24, 2.45) is 0 Å². The number of aromatic nitrogens is 3. The average molecular weight is 250 g/mol. The molecule has 0 unspecified atom stereocenters. The van der Waals surface area contributed by atoms with Gasteiger partial charge in [-0.1, -0.05) is 29.8 Å². The van der Waals surface area contributed by atoms with Crippen LogP contribution in [0.25, 0.3) is 20.8 Å². The van der Waals surface area contributed by atoms with Crippen LogP contribution in [0.2, 0.25) is 5.02 Å². The summed E-state index contributed by atoms with van der Waals surface area (Å²) in [5.41, 5.74) is 0. The molecule has 0 saturated carbocycles. The lowest BCUT2D eigenvalue weighted by molar-refractivity contribution is 1.04. The van der Waals surface area contributed by atoms with Crippen molar-refractivity contribution in [1.82, 2.24) is 15.2 Å². The number of halogens is 1. The van der Waals surface area contributed by atoms with Gasteiger partial charge in [0.2, 0.25) is 0 Å². The van der Waals surface area contributed by atoms with Crippen molar-refractivity contribution >= 4 is 33.0 Å². The molecule has 0 aliphatic rings. The van der Waals surface area contributed by atoms with E-state index in [1.165, 1.54) is 0 Å². The third kappa shape index (κ3) is 1.42. The normalized spacial score (nSPS) is 11.1. The summed E-state index contributed by atoms with van der Waals surface area (Å²) in [7, 11) is 0. The van der Waals surface area contributed by atoms with E-state index in [1.807, 2.05) is 25.1 Å². The first-order valence-corrected chi connectivity index (χ1v) is 6.01. The van der Waals surface area contributed by atoms with E-state index in [9.17, 15) is 0 Å².